The molecule has 2 heterocycles. The van der Waals surface area contributed by atoms with Gasteiger partial charge in [0, 0.05) is 29.2 Å². The number of aromatic amines is 1. The second kappa shape index (κ2) is 6.22. The highest BCUT2D eigenvalue weighted by Gasteiger charge is 2.06. The van der Waals surface area contributed by atoms with E-state index in [1.54, 1.807) is 12.4 Å². The van der Waals surface area contributed by atoms with Gasteiger partial charge in [0.25, 0.3) is 0 Å². The van der Waals surface area contributed by atoms with Gasteiger partial charge in [-0.05, 0) is 42.5 Å². The fourth-order valence-electron chi connectivity index (χ4n) is 2.36. The summed E-state index contributed by atoms with van der Waals surface area (Å²) in [7, 11) is 0. The van der Waals surface area contributed by atoms with Gasteiger partial charge in [0.2, 0.25) is 5.95 Å². The minimum absolute atomic E-state index is 0.647. The summed E-state index contributed by atoms with van der Waals surface area (Å²) in [5.41, 5.74) is 2.60. The first-order valence-electron chi connectivity index (χ1n) is 7.36. The lowest BCUT2D eigenvalue weighted by Crippen LogP contribution is -1.91. The first-order valence-corrected chi connectivity index (χ1v) is 7.74. The molecule has 0 unspecified atom stereocenters. The largest absolute Gasteiger partial charge is 0.457 e. The molecular weight excluding hydrogens is 324 g/mol. The quantitative estimate of drug-likeness (QED) is 0.541. The summed E-state index contributed by atoms with van der Waals surface area (Å²) in [5.74, 6) is 2.11. The molecule has 0 bridgehead atoms. The zero-order valence-corrected chi connectivity index (χ0v) is 13.3. The molecule has 0 aliphatic carbocycles. The minimum atomic E-state index is 0.647. The van der Waals surface area contributed by atoms with Crippen LogP contribution in [0, 0.1) is 0 Å². The SMILES string of the molecule is Clc1cccc(Nc2nc3ccc(Oc4ccncc4)cc3[nH]2)c1. The van der Waals surface area contributed by atoms with Crippen LogP contribution in [0.4, 0.5) is 11.6 Å². The molecule has 2 aromatic carbocycles. The molecule has 0 saturated carbocycles. The van der Waals surface area contributed by atoms with Crippen LogP contribution < -0.4 is 10.1 Å². The summed E-state index contributed by atoms with van der Waals surface area (Å²) in [5, 5.41) is 3.87. The van der Waals surface area contributed by atoms with Gasteiger partial charge >= 0.3 is 0 Å². The summed E-state index contributed by atoms with van der Waals surface area (Å²) < 4.78 is 5.80. The maximum Gasteiger partial charge on any atom is 0.205 e. The molecule has 0 saturated heterocycles. The fourth-order valence-corrected chi connectivity index (χ4v) is 2.55. The van der Waals surface area contributed by atoms with E-state index in [2.05, 4.69) is 20.3 Å². The number of pyridine rings is 1. The summed E-state index contributed by atoms with van der Waals surface area (Å²) in [6.45, 7) is 0. The lowest BCUT2D eigenvalue weighted by Gasteiger charge is -2.04. The smallest absolute Gasteiger partial charge is 0.205 e. The molecule has 0 fully saturated rings. The molecule has 0 aliphatic rings. The van der Waals surface area contributed by atoms with Gasteiger partial charge in [-0.15, -0.1) is 0 Å². The Balaban J connectivity index is 1.59. The molecule has 4 rings (SSSR count). The van der Waals surface area contributed by atoms with Crippen LogP contribution in [0.2, 0.25) is 5.02 Å². The van der Waals surface area contributed by atoms with Crippen LogP contribution in [0.15, 0.2) is 67.0 Å². The predicted octanol–water partition coefficient (Wildman–Crippen LogP) is 5.15. The van der Waals surface area contributed by atoms with Crippen molar-refractivity contribution in [1.29, 1.82) is 0 Å². The molecule has 2 aromatic heterocycles. The van der Waals surface area contributed by atoms with Gasteiger partial charge in [-0.2, -0.15) is 0 Å². The van der Waals surface area contributed by atoms with Crippen molar-refractivity contribution < 1.29 is 4.74 Å². The Hall–Kier alpha value is -3.05. The summed E-state index contributed by atoms with van der Waals surface area (Å²) in [6, 6.07) is 16.8. The van der Waals surface area contributed by atoms with Gasteiger partial charge in [-0.3, -0.25) is 4.98 Å². The van der Waals surface area contributed by atoms with Crippen LogP contribution in [-0.4, -0.2) is 15.0 Å². The maximum absolute atomic E-state index is 6.00. The highest BCUT2D eigenvalue weighted by atomic mass is 35.5. The third-order valence-corrected chi connectivity index (χ3v) is 3.66. The monoisotopic (exact) mass is 336 g/mol. The Labute approximate surface area is 143 Å². The number of nitrogens with one attached hydrogen (secondary N) is 2. The Kier molecular flexibility index (Phi) is 3.76. The molecular formula is C18H13ClN4O. The summed E-state index contributed by atoms with van der Waals surface area (Å²) >= 11 is 6.00. The van der Waals surface area contributed by atoms with Gasteiger partial charge in [0.1, 0.15) is 11.5 Å². The lowest BCUT2D eigenvalue weighted by molar-refractivity contribution is 0.482. The van der Waals surface area contributed by atoms with E-state index in [0.29, 0.717) is 11.0 Å². The number of imidazole rings is 1. The van der Waals surface area contributed by atoms with Crippen molar-refractivity contribution in [2.24, 2.45) is 0 Å². The molecule has 2 N–H and O–H groups in total. The highest BCUT2D eigenvalue weighted by molar-refractivity contribution is 6.30. The van der Waals surface area contributed by atoms with Gasteiger partial charge in [-0.25, -0.2) is 4.98 Å². The zero-order valence-electron chi connectivity index (χ0n) is 12.5. The topological polar surface area (TPSA) is 62.8 Å². The van der Waals surface area contributed by atoms with Crippen molar-refractivity contribution >= 4 is 34.3 Å². The number of anilines is 2. The molecule has 5 nitrogen and oxygen atoms in total. The first-order chi connectivity index (χ1) is 11.8. The molecule has 0 atom stereocenters. The third kappa shape index (κ3) is 3.16. The van der Waals surface area contributed by atoms with E-state index < -0.39 is 0 Å². The molecule has 4 aromatic rings. The Morgan fingerprint density at radius 1 is 0.958 bits per heavy atom. The third-order valence-electron chi connectivity index (χ3n) is 3.43. The second-order valence-corrected chi connectivity index (χ2v) is 5.62. The van der Waals surface area contributed by atoms with E-state index in [1.165, 1.54) is 0 Å². The fraction of sp³-hybridized carbons (Fsp3) is 0. The summed E-state index contributed by atoms with van der Waals surface area (Å²) in [6.07, 6.45) is 3.38. The number of benzene rings is 2. The van der Waals surface area contributed by atoms with E-state index in [9.17, 15) is 0 Å². The lowest BCUT2D eigenvalue weighted by atomic mass is 10.3. The average Bonchev–Trinajstić information content (AvgIpc) is 2.97. The number of hydrogen-bond donors (Lipinski definition) is 2. The predicted molar refractivity (Wildman–Crippen MR) is 95.1 cm³/mol. The maximum atomic E-state index is 6.00. The molecule has 0 radical (unpaired) electrons. The molecule has 6 heteroatoms. The molecule has 24 heavy (non-hydrogen) atoms. The Bertz CT molecular complexity index is 985. The van der Waals surface area contributed by atoms with Crippen LogP contribution in [0.5, 0.6) is 11.5 Å². The van der Waals surface area contributed by atoms with Crippen molar-refractivity contribution in [2.75, 3.05) is 5.32 Å². The number of hydrogen-bond acceptors (Lipinski definition) is 4. The van der Waals surface area contributed by atoms with Crippen molar-refractivity contribution in [3.8, 4) is 11.5 Å². The van der Waals surface area contributed by atoms with Gasteiger partial charge in [0.15, 0.2) is 0 Å². The number of fused-ring (bicyclic) bond motifs is 1. The number of aromatic nitrogens is 3. The molecule has 0 amide bonds. The van der Waals surface area contributed by atoms with Crippen LogP contribution in [-0.2, 0) is 0 Å². The molecule has 118 valence electrons. The van der Waals surface area contributed by atoms with Crippen LogP contribution in [0.3, 0.4) is 0 Å². The van der Waals surface area contributed by atoms with Gasteiger partial charge in [0.05, 0.1) is 11.0 Å². The van der Waals surface area contributed by atoms with Crippen LogP contribution in [0.25, 0.3) is 11.0 Å². The number of nitrogens with zero attached hydrogens (tertiary/aromatic N) is 2. The molecule has 0 aliphatic heterocycles. The van der Waals surface area contributed by atoms with E-state index in [-0.39, 0.29) is 0 Å². The van der Waals surface area contributed by atoms with E-state index in [0.717, 1.165) is 28.2 Å². The second-order valence-electron chi connectivity index (χ2n) is 5.18. The Morgan fingerprint density at radius 2 is 1.83 bits per heavy atom. The standard InChI is InChI=1S/C18H13ClN4O/c19-12-2-1-3-13(10-12)21-18-22-16-5-4-15(11-17(16)23-18)24-14-6-8-20-9-7-14/h1-11H,(H2,21,22,23). The van der Waals surface area contributed by atoms with Crippen molar-refractivity contribution in [2.45, 2.75) is 0 Å². The van der Waals surface area contributed by atoms with Crippen LogP contribution in [0.1, 0.15) is 0 Å². The van der Waals surface area contributed by atoms with Gasteiger partial charge in [-0.1, -0.05) is 17.7 Å². The van der Waals surface area contributed by atoms with Crippen molar-refractivity contribution in [1.82, 2.24) is 15.0 Å². The van der Waals surface area contributed by atoms with Crippen molar-refractivity contribution in [3.63, 3.8) is 0 Å². The average molecular weight is 337 g/mol. The normalized spacial score (nSPS) is 10.7. The number of ether oxygens (including phenoxy) is 1. The number of H-pyrrole nitrogens is 1. The number of rotatable bonds is 4. The van der Waals surface area contributed by atoms with Crippen LogP contribution >= 0.6 is 11.6 Å². The first kappa shape index (κ1) is 14.5. The summed E-state index contributed by atoms with van der Waals surface area (Å²) in [4.78, 5) is 11.7. The Morgan fingerprint density at radius 3 is 2.67 bits per heavy atom. The number of halogens is 1. The highest BCUT2D eigenvalue weighted by Crippen LogP contribution is 2.26. The van der Waals surface area contributed by atoms with Gasteiger partial charge < -0.3 is 15.0 Å². The van der Waals surface area contributed by atoms with E-state index >= 15 is 0 Å². The van der Waals surface area contributed by atoms with Crippen molar-refractivity contribution in [3.05, 3.63) is 72.0 Å². The van der Waals surface area contributed by atoms with E-state index in [4.69, 9.17) is 16.3 Å². The molecule has 0 spiro atoms. The zero-order chi connectivity index (χ0) is 16.4. The minimum Gasteiger partial charge on any atom is -0.457 e. The van der Waals surface area contributed by atoms with E-state index in [1.807, 2.05) is 54.6 Å².